The number of anilines is 1. The van der Waals surface area contributed by atoms with Crippen LogP contribution < -0.4 is 5.32 Å². The lowest BCUT2D eigenvalue weighted by Gasteiger charge is -2.25. The first kappa shape index (κ1) is 15.5. The highest BCUT2D eigenvalue weighted by Gasteiger charge is 2.14. The molecule has 1 aliphatic rings. The fourth-order valence-electron chi connectivity index (χ4n) is 2.07. The molecular formula is C15H20N2O4. The second-order valence-electron chi connectivity index (χ2n) is 4.73. The highest BCUT2D eigenvalue weighted by Crippen LogP contribution is 2.11. The van der Waals surface area contributed by atoms with Crippen LogP contribution in [0.4, 0.5) is 5.69 Å². The molecule has 21 heavy (non-hydrogen) atoms. The van der Waals surface area contributed by atoms with Crippen molar-refractivity contribution in [2.24, 2.45) is 0 Å². The molecule has 1 aliphatic heterocycles. The monoisotopic (exact) mass is 292 g/mol. The molecule has 0 radical (unpaired) electrons. The van der Waals surface area contributed by atoms with E-state index in [9.17, 15) is 9.59 Å². The van der Waals surface area contributed by atoms with Gasteiger partial charge in [-0.05, 0) is 31.2 Å². The number of nitrogens with one attached hydrogen (secondary N) is 1. The van der Waals surface area contributed by atoms with Crippen LogP contribution in [0.3, 0.4) is 0 Å². The number of rotatable bonds is 5. The van der Waals surface area contributed by atoms with Gasteiger partial charge in [0, 0.05) is 18.8 Å². The summed E-state index contributed by atoms with van der Waals surface area (Å²) >= 11 is 0. The minimum atomic E-state index is -0.358. The van der Waals surface area contributed by atoms with Crippen LogP contribution >= 0.6 is 0 Å². The Labute approximate surface area is 124 Å². The van der Waals surface area contributed by atoms with Crippen molar-refractivity contribution in [3.8, 4) is 0 Å². The minimum Gasteiger partial charge on any atom is -0.462 e. The average molecular weight is 292 g/mol. The molecule has 0 saturated carbocycles. The Morgan fingerprint density at radius 1 is 1.24 bits per heavy atom. The van der Waals surface area contributed by atoms with Gasteiger partial charge in [0.2, 0.25) is 5.91 Å². The number of nitrogens with zero attached hydrogens (tertiary/aromatic N) is 1. The summed E-state index contributed by atoms with van der Waals surface area (Å²) in [7, 11) is 0. The molecule has 0 unspecified atom stereocenters. The molecule has 1 aromatic carbocycles. The number of benzene rings is 1. The van der Waals surface area contributed by atoms with Crippen molar-refractivity contribution in [2.45, 2.75) is 6.92 Å². The number of hydrogen-bond donors (Lipinski definition) is 1. The van der Waals surface area contributed by atoms with Gasteiger partial charge in [-0.1, -0.05) is 0 Å². The van der Waals surface area contributed by atoms with E-state index < -0.39 is 0 Å². The predicted octanol–water partition coefficient (Wildman–Crippen LogP) is 1.13. The Morgan fingerprint density at radius 3 is 2.52 bits per heavy atom. The Kier molecular flexibility index (Phi) is 5.71. The third-order valence-corrected chi connectivity index (χ3v) is 3.15. The fraction of sp³-hybridized carbons (Fsp3) is 0.467. The van der Waals surface area contributed by atoms with Crippen LogP contribution in [0.5, 0.6) is 0 Å². The second kappa shape index (κ2) is 7.75. The van der Waals surface area contributed by atoms with E-state index in [0.29, 0.717) is 37.6 Å². The van der Waals surface area contributed by atoms with Crippen LogP contribution in [0.2, 0.25) is 0 Å². The maximum atomic E-state index is 11.9. The lowest BCUT2D eigenvalue weighted by molar-refractivity contribution is -0.118. The molecule has 2 rings (SSSR count). The van der Waals surface area contributed by atoms with E-state index in [1.54, 1.807) is 31.2 Å². The smallest absolute Gasteiger partial charge is 0.338 e. The Morgan fingerprint density at radius 2 is 1.90 bits per heavy atom. The van der Waals surface area contributed by atoms with Crippen LogP contribution in [0.25, 0.3) is 0 Å². The highest BCUT2D eigenvalue weighted by atomic mass is 16.5. The summed E-state index contributed by atoms with van der Waals surface area (Å²) in [5.41, 5.74) is 1.14. The summed E-state index contributed by atoms with van der Waals surface area (Å²) < 4.78 is 10.1. The van der Waals surface area contributed by atoms with Gasteiger partial charge < -0.3 is 14.8 Å². The van der Waals surface area contributed by atoms with E-state index in [-0.39, 0.29) is 11.9 Å². The van der Waals surface area contributed by atoms with E-state index in [1.807, 2.05) is 4.90 Å². The van der Waals surface area contributed by atoms with Crippen LogP contribution in [0, 0.1) is 0 Å². The van der Waals surface area contributed by atoms with Gasteiger partial charge in [0.25, 0.3) is 0 Å². The molecule has 0 atom stereocenters. The zero-order chi connectivity index (χ0) is 15.1. The zero-order valence-corrected chi connectivity index (χ0v) is 12.1. The first-order chi connectivity index (χ1) is 10.2. The Balaban J connectivity index is 1.84. The molecule has 0 aliphatic carbocycles. The van der Waals surface area contributed by atoms with Crippen molar-refractivity contribution in [2.75, 3.05) is 44.8 Å². The number of hydrogen-bond acceptors (Lipinski definition) is 5. The number of esters is 1. The van der Waals surface area contributed by atoms with E-state index in [1.165, 1.54) is 0 Å². The molecule has 114 valence electrons. The lowest BCUT2D eigenvalue weighted by Crippen LogP contribution is -2.41. The summed E-state index contributed by atoms with van der Waals surface area (Å²) in [4.78, 5) is 25.5. The molecule has 1 N–H and O–H groups in total. The van der Waals surface area contributed by atoms with E-state index >= 15 is 0 Å². The maximum absolute atomic E-state index is 11.9. The van der Waals surface area contributed by atoms with Gasteiger partial charge in [0.1, 0.15) is 0 Å². The second-order valence-corrected chi connectivity index (χ2v) is 4.73. The molecule has 0 bridgehead atoms. The molecule has 0 aromatic heterocycles. The third-order valence-electron chi connectivity index (χ3n) is 3.15. The number of carbonyl (C=O) groups is 2. The molecule has 1 saturated heterocycles. The van der Waals surface area contributed by atoms with Crippen molar-refractivity contribution in [3.63, 3.8) is 0 Å². The van der Waals surface area contributed by atoms with Gasteiger partial charge in [0.15, 0.2) is 0 Å². The molecule has 6 heteroatoms. The summed E-state index contributed by atoms with van der Waals surface area (Å²) in [6, 6.07) is 6.68. The van der Waals surface area contributed by atoms with Gasteiger partial charge >= 0.3 is 5.97 Å². The predicted molar refractivity (Wildman–Crippen MR) is 78.3 cm³/mol. The summed E-state index contributed by atoms with van der Waals surface area (Å²) in [5.74, 6) is -0.426. The zero-order valence-electron chi connectivity index (χ0n) is 12.1. The lowest BCUT2D eigenvalue weighted by atomic mass is 10.2. The molecule has 1 fully saturated rings. The molecule has 6 nitrogen and oxygen atoms in total. The van der Waals surface area contributed by atoms with Crippen LogP contribution in [-0.2, 0) is 14.3 Å². The summed E-state index contributed by atoms with van der Waals surface area (Å²) in [5, 5.41) is 2.81. The summed E-state index contributed by atoms with van der Waals surface area (Å²) in [6.07, 6.45) is 0. The molecule has 1 aromatic rings. The Bertz CT molecular complexity index is 481. The van der Waals surface area contributed by atoms with Crippen LogP contribution in [-0.4, -0.2) is 56.2 Å². The Hall–Kier alpha value is -1.92. The standard InChI is InChI=1S/C15H20N2O4/c1-2-21-15(19)12-3-5-13(6-4-12)16-14(18)11-17-7-9-20-10-8-17/h3-6H,2,7-11H2,1H3,(H,16,18). The van der Waals surface area contributed by atoms with Crippen molar-refractivity contribution in [1.29, 1.82) is 0 Å². The highest BCUT2D eigenvalue weighted by molar-refractivity contribution is 5.94. The largest absolute Gasteiger partial charge is 0.462 e. The van der Waals surface area contributed by atoms with Crippen molar-refractivity contribution in [3.05, 3.63) is 29.8 Å². The topological polar surface area (TPSA) is 67.9 Å². The van der Waals surface area contributed by atoms with Gasteiger partial charge in [-0.25, -0.2) is 4.79 Å². The van der Waals surface area contributed by atoms with E-state index in [4.69, 9.17) is 9.47 Å². The van der Waals surface area contributed by atoms with Gasteiger partial charge in [-0.15, -0.1) is 0 Å². The number of ether oxygens (including phenoxy) is 2. The van der Waals surface area contributed by atoms with Crippen molar-refractivity contribution < 1.29 is 19.1 Å². The molecular weight excluding hydrogens is 272 g/mol. The van der Waals surface area contributed by atoms with Gasteiger partial charge in [0.05, 0.1) is 31.9 Å². The molecule has 0 spiro atoms. The van der Waals surface area contributed by atoms with Crippen LogP contribution in [0.15, 0.2) is 24.3 Å². The first-order valence-corrected chi connectivity index (χ1v) is 7.06. The van der Waals surface area contributed by atoms with Crippen molar-refractivity contribution >= 4 is 17.6 Å². The SMILES string of the molecule is CCOC(=O)c1ccc(NC(=O)CN2CCOCC2)cc1. The number of morpholine rings is 1. The normalized spacial score (nSPS) is 15.5. The minimum absolute atomic E-state index is 0.0687. The quantitative estimate of drug-likeness (QED) is 0.824. The summed E-state index contributed by atoms with van der Waals surface area (Å²) in [6.45, 7) is 5.34. The maximum Gasteiger partial charge on any atom is 0.338 e. The fourth-order valence-corrected chi connectivity index (χ4v) is 2.07. The third kappa shape index (κ3) is 4.84. The molecule has 1 heterocycles. The van der Waals surface area contributed by atoms with E-state index in [0.717, 1.165) is 13.1 Å². The van der Waals surface area contributed by atoms with Gasteiger partial charge in [-0.2, -0.15) is 0 Å². The molecule has 1 amide bonds. The van der Waals surface area contributed by atoms with Crippen molar-refractivity contribution in [1.82, 2.24) is 4.90 Å². The van der Waals surface area contributed by atoms with Gasteiger partial charge in [-0.3, -0.25) is 9.69 Å². The number of amides is 1. The van der Waals surface area contributed by atoms with Crippen LogP contribution in [0.1, 0.15) is 17.3 Å². The van der Waals surface area contributed by atoms with E-state index in [2.05, 4.69) is 5.32 Å². The first-order valence-electron chi connectivity index (χ1n) is 7.06. The number of carbonyl (C=O) groups excluding carboxylic acids is 2. The average Bonchev–Trinajstić information content (AvgIpc) is 2.49.